The Morgan fingerprint density at radius 2 is 2.32 bits per heavy atom. The predicted octanol–water partition coefficient (Wildman–Crippen LogP) is 3.54. The molecule has 2 aromatic heterocycles. The molecule has 3 rings (SSSR count). The van der Waals surface area contributed by atoms with Crippen LogP contribution in [0.15, 0.2) is 35.8 Å². The lowest BCUT2D eigenvalue weighted by molar-refractivity contribution is 0.0686. The molecule has 0 fully saturated rings. The number of aromatic nitrogens is 2. The molecule has 0 amide bonds. The molecule has 0 atom stereocenters. The first kappa shape index (κ1) is 12.0. The molecule has 96 valence electrons. The molecule has 0 radical (unpaired) electrons. The average Bonchev–Trinajstić information content (AvgIpc) is 2.88. The van der Waals surface area contributed by atoms with Gasteiger partial charge in [0.2, 0.25) is 0 Å². The first-order chi connectivity index (χ1) is 9.15. The monoisotopic (exact) mass is 294 g/mol. The molecule has 0 saturated carbocycles. The number of halogens is 1. The first-order valence-corrected chi connectivity index (χ1v) is 6.53. The van der Waals surface area contributed by atoms with Gasteiger partial charge in [0.15, 0.2) is 10.7 Å². The van der Waals surface area contributed by atoms with Gasteiger partial charge in [0, 0.05) is 16.6 Å². The molecule has 0 spiro atoms. The summed E-state index contributed by atoms with van der Waals surface area (Å²) >= 11 is 7.19. The molecular weight excluding hydrogens is 288 g/mol. The van der Waals surface area contributed by atoms with E-state index >= 15 is 0 Å². The predicted molar refractivity (Wildman–Crippen MR) is 71.6 cm³/mol. The van der Waals surface area contributed by atoms with Gasteiger partial charge in [-0.15, -0.1) is 11.3 Å². The number of fused-ring (bicyclic) bond motifs is 1. The third kappa shape index (κ3) is 2.16. The van der Waals surface area contributed by atoms with Gasteiger partial charge in [-0.1, -0.05) is 17.7 Å². The van der Waals surface area contributed by atoms with Crippen LogP contribution in [0.2, 0.25) is 5.02 Å². The molecule has 5 nitrogen and oxygen atoms in total. The summed E-state index contributed by atoms with van der Waals surface area (Å²) in [5, 5.41) is 11.5. The Morgan fingerprint density at radius 1 is 1.47 bits per heavy atom. The molecule has 0 aliphatic rings. The van der Waals surface area contributed by atoms with Gasteiger partial charge in [0.25, 0.3) is 5.88 Å². The van der Waals surface area contributed by atoms with E-state index in [0.29, 0.717) is 15.7 Å². The number of thiazole rings is 1. The molecule has 0 saturated heterocycles. The van der Waals surface area contributed by atoms with Crippen LogP contribution >= 0.6 is 22.9 Å². The summed E-state index contributed by atoms with van der Waals surface area (Å²) in [6, 6.07) is 6.71. The molecule has 2 heterocycles. The zero-order chi connectivity index (χ0) is 13.4. The normalized spacial score (nSPS) is 10.8. The van der Waals surface area contributed by atoms with Crippen LogP contribution in [0.1, 0.15) is 10.5 Å². The van der Waals surface area contributed by atoms with Crippen LogP contribution in [-0.4, -0.2) is 20.5 Å². The number of hydrogen-bond donors (Lipinski definition) is 1. The van der Waals surface area contributed by atoms with Gasteiger partial charge in [-0.05, 0) is 18.2 Å². The molecule has 0 aliphatic carbocycles. The molecule has 3 aromatic rings. The van der Waals surface area contributed by atoms with E-state index in [1.54, 1.807) is 35.8 Å². The van der Waals surface area contributed by atoms with Crippen molar-refractivity contribution in [1.82, 2.24) is 9.38 Å². The van der Waals surface area contributed by atoms with Crippen LogP contribution < -0.4 is 4.74 Å². The largest absolute Gasteiger partial charge is 0.476 e. The van der Waals surface area contributed by atoms with E-state index in [-0.39, 0.29) is 11.6 Å². The number of aromatic carboxylic acids is 1. The van der Waals surface area contributed by atoms with Gasteiger partial charge >= 0.3 is 5.97 Å². The maximum absolute atomic E-state index is 11.3. The average molecular weight is 295 g/mol. The number of hydrogen-bond acceptors (Lipinski definition) is 4. The molecule has 0 unspecified atom stereocenters. The molecule has 0 aliphatic heterocycles. The molecule has 1 N–H and O–H groups in total. The first-order valence-electron chi connectivity index (χ1n) is 5.27. The van der Waals surface area contributed by atoms with Crippen LogP contribution in [0.25, 0.3) is 4.96 Å². The van der Waals surface area contributed by atoms with Crippen LogP contribution in [0, 0.1) is 0 Å². The molecule has 7 heteroatoms. The lowest BCUT2D eigenvalue weighted by Crippen LogP contribution is -2.02. The fraction of sp³-hybridized carbons (Fsp3) is 0. The lowest BCUT2D eigenvalue weighted by atomic mass is 10.3. The molecule has 1 aromatic carbocycles. The van der Waals surface area contributed by atoms with Crippen molar-refractivity contribution in [3.8, 4) is 11.6 Å². The summed E-state index contributed by atoms with van der Waals surface area (Å²) in [6.45, 7) is 0. The number of carboxylic acid groups (broad SMARTS) is 1. The van der Waals surface area contributed by atoms with Crippen LogP contribution in [0.3, 0.4) is 0 Å². The van der Waals surface area contributed by atoms with E-state index in [1.165, 1.54) is 15.7 Å². The highest BCUT2D eigenvalue weighted by Gasteiger charge is 2.21. The minimum Gasteiger partial charge on any atom is -0.476 e. The Labute approximate surface area is 116 Å². The van der Waals surface area contributed by atoms with Crippen molar-refractivity contribution < 1.29 is 14.6 Å². The van der Waals surface area contributed by atoms with E-state index in [1.807, 2.05) is 0 Å². The van der Waals surface area contributed by atoms with Crippen molar-refractivity contribution in [3.05, 3.63) is 46.6 Å². The van der Waals surface area contributed by atoms with E-state index in [0.717, 1.165) is 0 Å². The number of carbonyl (C=O) groups is 1. The van der Waals surface area contributed by atoms with Crippen LogP contribution in [0.5, 0.6) is 11.6 Å². The van der Waals surface area contributed by atoms with Crippen LogP contribution in [0.4, 0.5) is 0 Å². The van der Waals surface area contributed by atoms with Gasteiger partial charge < -0.3 is 9.84 Å². The fourth-order valence-electron chi connectivity index (χ4n) is 1.67. The van der Waals surface area contributed by atoms with E-state index in [4.69, 9.17) is 16.3 Å². The number of nitrogens with zero attached hydrogens (tertiary/aromatic N) is 2. The number of rotatable bonds is 3. The summed E-state index contributed by atoms with van der Waals surface area (Å²) in [5.74, 6) is -0.592. The smallest absolute Gasteiger partial charge is 0.358 e. The SMILES string of the molecule is O=C(O)c1c(Oc2cccc(Cl)c2)nc2sccn12. The third-order valence-corrected chi connectivity index (χ3v) is 3.44. The van der Waals surface area contributed by atoms with Crippen molar-refractivity contribution in [2.24, 2.45) is 0 Å². The number of imidazole rings is 1. The van der Waals surface area contributed by atoms with Gasteiger partial charge in [0.1, 0.15) is 5.75 Å². The maximum atomic E-state index is 11.3. The fourth-order valence-corrected chi connectivity index (χ4v) is 2.56. The van der Waals surface area contributed by atoms with Gasteiger partial charge in [-0.2, -0.15) is 4.98 Å². The second-order valence-electron chi connectivity index (χ2n) is 3.69. The molecule has 19 heavy (non-hydrogen) atoms. The Bertz CT molecular complexity index is 765. The zero-order valence-corrected chi connectivity index (χ0v) is 11.0. The quantitative estimate of drug-likeness (QED) is 0.802. The molecular formula is C12H7ClN2O3S. The highest BCUT2D eigenvalue weighted by Crippen LogP contribution is 2.29. The lowest BCUT2D eigenvalue weighted by Gasteiger charge is -2.03. The summed E-state index contributed by atoms with van der Waals surface area (Å²) in [4.78, 5) is 16.0. The van der Waals surface area contributed by atoms with Crippen molar-refractivity contribution in [2.75, 3.05) is 0 Å². The summed E-state index contributed by atoms with van der Waals surface area (Å²) in [5.41, 5.74) is -0.00349. The number of carboxylic acids is 1. The Kier molecular flexibility index (Phi) is 2.88. The van der Waals surface area contributed by atoms with Crippen molar-refractivity contribution in [3.63, 3.8) is 0 Å². The highest BCUT2D eigenvalue weighted by molar-refractivity contribution is 7.15. The molecule has 0 bridgehead atoms. The van der Waals surface area contributed by atoms with Gasteiger partial charge in [0.05, 0.1) is 0 Å². The summed E-state index contributed by atoms with van der Waals surface area (Å²) in [6.07, 6.45) is 1.64. The van der Waals surface area contributed by atoms with Crippen molar-refractivity contribution in [2.45, 2.75) is 0 Å². The van der Waals surface area contributed by atoms with E-state index in [9.17, 15) is 9.90 Å². The standard InChI is InChI=1S/C12H7ClN2O3S/c13-7-2-1-3-8(6-7)18-10-9(11(16)17)15-4-5-19-12(15)14-10/h1-6H,(H,16,17). The van der Waals surface area contributed by atoms with E-state index < -0.39 is 5.97 Å². The van der Waals surface area contributed by atoms with E-state index in [2.05, 4.69) is 4.98 Å². The Balaban J connectivity index is 2.07. The summed E-state index contributed by atoms with van der Waals surface area (Å²) < 4.78 is 6.98. The number of benzene rings is 1. The second kappa shape index (κ2) is 4.56. The highest BCUT2D eigenvalue weighted by atomic mass is 35.5. The van der Waals surface area contributed by atoms with Gasteiger partial charge in [-0.25, -0.2) is 4.79 Å². The second-order valence-corrected chi connectivity index (χ2v) is 5.00. The zero-order valence-electron chi connectivity index (χ0n) is 9.41. The van der Waals surface area contributed by atoms with Crippen molar-refractivity contribution >= 4 is 33.9 Å². The number of ether oxygens (including phenoxy) is 1. The topological polar surface area (TPSA) is 63.8 Å². The third-order valence-electron chi connectivity index (χ3n) is 2.44. The van der Waals surface area contributed by atoms with Gasteiger partial charge in [-0.3, -0.25) is 4.40 Å². The maximum Gasteiger partial charge on any atom is 0.358 e. The minimum atomic E-state index is -1.09. The van der Waals surface area contributed by atoms with Crippen molar-refractivity contribution in [1.29, 1.82) is 0 Å². The Hall–Kier alpha value is -2.05. The summed E-state index contributed by atoms with van der Waals surface area (Å²) in [7, 11) is 0. The minimum absolute atomic E-state index is 0.00349. The van der Waals surface area contributed by atoms with Crippen LogP contribution in [-0.2, 0) is 0 Å². The Morgan fingerprint density at radius 3 is 3.05 bits per heavy atom.